The van der Waals surface area contributed by atoms with Gasteiger partial charge in [-0.25, -0.2) is 4.79 Å². The fourth-order valence-corrected chi connectivity index (χ4v) is 3.94. The molecule has 3 rings (SSSR count). The number of amides is 2. The van der Waals surface area contributed by atoms with Crippen molar-refractivity contribution in [1.29, 1.82) is 0 Å². The summed E-state index contributed by atoms with van der Waals surface area (Å²) < 4.78 is 1.94. The van der Waals surface area contributed by atoms with Crippen molar-refractivity contribution in [2.24, 2.45) is 0 Å². The van der Waals surface area contributed by atoms with Gasteiger partial charge in [-0.15, -0.1) is 21.5 Å². The summed E-state index contributed by atoms with van der Waals surface area (Å²) in [7, 11) is 0. The van der Waals surface area contributed by atoms with Gasteiger partial charge in [0.15, 0.2) is 5.82 Å². The third-order valence-corrected chi connectivity index (χ3v) is 5.17. The predicted molar refractivity (Wildman–Crippen MR) is 85.7 cm³/mol. The number of nitrogens with zero attached hydrogens (tertiary/aromatic N) is 4. The van der Waals surface area contributed by atoms with Crippen LogP contribution in [0.25, 0.3) is 0 Å². The first kappa shape index (κ1) is 15.0. The van der Waals surface area contributed by atoms with Gasteiger partial charge in [0.25, 0.3) is 0 Å². The molecule has 1 aliphatic heterocycles. The Bertz CT molecular complexity index is 650. The highest BCUT2D eigenvalue weighted by Crippen LogP contribution is 2.35. The van der Waals surface area contributed by atoms with Crippen LogP contribution in [0.4, 0.5) is 4.79 Å². The molecule has 1 atom stereocenters. The lowest BCUT2D eigenvalue weighted by Crippen LogP contribution is -2.45. The minimum atomic E-state index is -0.0191. The van der Waals surface area contributed by atoms with E-state index in [1.165, 1.54) is 10.4 Å². The zero-order valence-electron chi connectivity index (χ0n) is 13.0. The van der Waals surface area contributed by atoms with Gasteiger partial charge in [0.2, 0.25) is 0 Å². The van der Waals surface area contributed by atoms with Gasteiger partial charge >= 0.3 is 6.03 Å². The van der Waals surface area contributed by atoms with Crippen LogP contribution in [0.1, 0.15) is 42.6 Å². The van der Waals surface area contributed by atoms with Crippen LogP contribution >= 0.6 is 11.3 Å². The second-order valence-electron chi connectivity index (χ2n) is 5.36. The van der Waals surface area contributed by atoms with Gasteiger partial charge in [-0.1, -0.05) is 6.92 Å². The zero-order chi connectivity index (χ0) is 15.5. The molecule has 0 aromatic carbocycles. The number of aromatic nitrogens is 3. The Morgan fingerprint density at radius 2 is 2.36 bits per heavy atom. The van der Waals surface area contributed by atoms with Gasteiger partial charge in [0, 0.05) is 18.0 Å². The Kier molecular flexibility index (Phi) is 4.42. The number of rotatable bonds is 4. The largest absolute Gasteiger partial charge is 0.331 e. The number of carbonyl (C=O) groups excluding carboxylic acids is 1. The Morgan fingerprint density at radius 1 is 1.50 bits per heavy atom. The molecular weight excluding hydrogens is 298 g/mol. The van der Waals surface area contributed by atoms with Crippen LogP contribution in [0.5, 0.6) is 0 Å². The topological polar surface area (TPSA) is 63.1 Å². The Labute approximate surface area is 134 Å². The molecule has 0 radical (unpaired) electrons. The molecule has 1 N–H and O–H groups in total. The molecule has 0 saturated carbocycles. The maximum absolute atomic E-state index is 12.6. The molecule has 0 fully saturated rings. The summed E-state index contributed by atoms with van der Waals surface area (Å²) in [5.74, 6) is 0.789. The normalized spacial score (nSPS) is 17.4. The summed E-state index contributed by atoms with van der Waals surface area (Å²) in [4.78, 5) is 15.9. The van der Waals surface area contributed by atoms with Crippen LogP contribution in [-0.4, -0.2) is 32.2 Å². The average molecular weight is 319 g/mol. The van der Waals surface area contributed by atoms with Gasteiger partial charge in [0.1, 0.15) is 6.33 Å². The van der Waals surface area contributed by atoms with Crippen LogP contribution in [0.2, 0.25) is 0 Å². The highest BCUT2D eigenvalue weighted by molar-refractivity contribution is 7.10. The van der Waals surface area contributed by atoms with Crippen molar-refractivity contribution in [3.63, 3.8) is 0 Å². The van der Waals surface area contributed by atoms with E-state index >= 15 is 0 Å². The number of thiophene rings is 1. The minimum Gasteiger partial charge on any atom is -0.331 e. The summed E-state index contributed by atoms with van der Waals surface area (Å²) >= 11 is 1.79. The van der Waals surface area contributed by atoms with E-state index < -0.39 is 0 Å². The fourth-order valence-electron chi connectivity index (χ4n) is 3.02. The van der Waals surface area contributed by atoms with E-state index in [0.717, 1.165) is 31.8 Å². The number of aryl methyl sites for hydroxylation is 1. The predicted octanol–water partition coefficient (Wildman–Crippen LogP) is 2.58. The second-order valence-corrected chi connectivity index (χ2v) is 6.36. The maximum Gasteiger partial charge on any atom is 0.318 e. The van der Waals surface area contributed by atoms with Crippen molar-refractivity contribution in [2.45, 2.75) is 45.8 Å². The van der Waals surface area contributed by atoms with Gasteiger partial charge in [0.05, 0.1) is 12.6 Å². The van der Waals surface area contributed by atoms with E-state index in [1.54, 1.807) is 17.7 Å². The number of hydrogen-bond donors (Lipinski definition) is 1. The number of hydrogen-bond acceptors (Lipinski definition) is 4. The van der Waals surface area contributed by atoms with Crippen molar-refractivity contribution < 1.29 is 4.79 Å². The standard InChI is InChI=1S/C15H21N5OS/c1-3-12-11-6-8-22-13(11)5-7-20(12)15(21)16-9-14-18-17-10-19(14)4-2/h6,8,10,12H,3-5,7,9H2,1-2H3,(H,16,21)/t12-/m0/s1. The van der Waals surface area contributed by atoms with Gasteiger partial charge in [-0.05, 0) is 36.8 Å². The number of urea groups is 1. The molecule has 2 amide bonds. The smallest absolute Gasteiger partial charge is 0.318 e. The van der Waals surface area contributed by atoms with E-state index in [4.69, 9.17) is 0 Å². The molecule has 0 bridgehead atoms. The highest BCUT2D eigenvalue weighted by Gasteiger charge is 2.30. The zero-order valence-corrected chi connectivity index (χ0v) is 13.8. The Balaban J connectivity index is 1.67. The Morgan fingerprint density at radius 3 is 3.14 bits per heavy atom. The lowest BCUT2D eigenvalue weighted by Gasteiger charge is -2.35. The molecule has 1 aliphatic rings. The molecule has 118 valence electrons. The van der Waals surface area contributed by atoms with Gasteiger partial charge < -0.3 is 14.8 Å². The van der Waals surface area contributed by atoms with Crippen molar-refractivity contribution in [3.8, 4) is 0 Å². The van der Waals surface area contributed by atoms with Crippen molar-refractivity contribution in [2.75, 3.05) is 6.54 Å². The van der Waals surface area contributed by atoms with E-state index in [2.05, 4.69) is 33.9 Å². The van der Waals surface area contributed by atoms with Crippen LogP contribution in [0.15, 0.2) is 17.8 Å². The minimum absolute atomic E-state index is 0.0191. The first-order chi connectivity index (χ1) is 10.7. The monoisotopic (exact) mass is 319 g/mol. The van der Waals surface area contributed by atoms with E-state index in [-0.39, 0.29) is 12.1 Å². The first-order valence-electron chi connectivity index (χ1n) is 7.72. The molecular formula is C15H21N5OS. The average Bonchev–Trinajstić information content (AvgIpc) is 3.19. The lowest BCUT2D eigenvalue weighted by molar-refractivity contribution is 0.167. The van der Waals surface area contributed by atoms with Crippen LogP contribution in [0, 0.1) is 0 Å². The second kappa shape index (κ2) is 6.48. The summed E-state index contributed by atoms with van der Waals surface area (Å²) in [5, 5.41) is 13.0. The van der Waals surface area contributed by atoms with E-state index in [9.17, 15) is 4.79 Å². The Hall–Kier alpha value is -1.89. The summed E-state index contributed by atoms with van der Waals surface area (Å²) in [6.45, 7) is 6.15. The molecule has 0 unspecified atom stereocenters. The van der Waals surface area contributed by atoms with Crippen LogP contribution in [-0.2, 0) is 19.5 Å². The third-order valence-electron chi connectivity index (χ3n) is 4.18. The van der Waals surface area contributed by atoms with Crippen molar-refractivity contribution in [1.82, 2.24) is 25.0 Å². The quantitative estimate of drug-likeness (QED) is 0.942. The molecule has 0 saturated heterocycles. The summed E-state index contributed by atoms with van der Waals surface area (Å²) in [5.41, 5.74) is 1.31. The van der Waals surface area contributed by atoms with E-state index in [0.29, 0.717) is 6.54 Å². The van der Waals surface area contributed by atoms with E-state index in [1.807, 2.05) is 16.4 Å². The van der Waals surface area contributed by atoms with Crippen molar-refractivity contribution in [3.05, 3.63) is 34.0 Å². The molecule has 3 heterocycles. The van der Waals surface area contributed by atoms with Crippen LogP contribution < -0.4 is 5.32 Å². The molecule has 6 nitrogen and oxygen atoms in total. The molecule has 2 aromatic rings. The number of fused-ring (bicyclic) bond motifs is 1. The number of carbonyl (C=O) groups is 1. The third kappa shape index (κ3) is 2.72. The lowest BCUT2D eigenvalue weighted by atomic mass is 9.98. The first-order valence-corrected chi connectivity index (χ1v) is 8.60. The molecule has 0 aliphatic carbocycles. The molecule has 2 aromatic heterocycles. The van der Waals surface area contributed by atoms with Gasteiger partial charge in [-0.3, -0.25) is 0 Å². The SMILES string of the molecule is CC[C@H]1c2ccsc2CCN1C(=O)NCc1nncn1CC. The number of nitrogens with one attached hydrogen (secondary N) is 1. The molecule has 22 heavy (non-hydrogen) atoms. The maximum atomic E-state index is 12.6. The van der Waals surface area contributed by atoms with Crippen molar-refractivity contribution >= 4 is 17.4 Å². The van der Waals surface area contributed by atoms with Crippen LogP contribution in [0.3, 0.4) is 0 Å². The van der Waals surface area contributed by atoms with Gasteiger partial charge in [-0.2, -0.15) is 0 Å². The molecule has 0 spiro atoms. The highest BCUT2D eigenvalue weighted by atomic mass is 32.1. The summed E-state index contributed by atoms with van der Waals surface area (Å²) in [6.07, 6.45) is 3.57. The molecule has 7 heteroatoms. The fraction of sp³-hybridized carbons (Fsp3) is 0.533. The summed E-state index contributed by atoms with van der Waals surface area (Å²) in [6, 6.07) is 2.31.